The van der Waals surface area contributed by atoms with Crippen LogP contribution in [0.1, 0.15) is 55.7 Å². The van der Waals surface area contributed by atoms with Crippen molar-refractivity contribution in [1.29, 1.82) is 0 Å². The lowest BCUT2D eigenvalue weighted by Crippen LogP contribution is -2.24. The normalized spacial score (nSPS) is 14.8. The van der Waals surface area contributed by atoms with Crippen molar-refractivity contribution < 1.29 is 9.22 Å². The Labute approximate surface area is 170 Å². The van der Waals surface area contributed by atoms with Gasteiger partial charge >= 0.3 is 0 Å². The summed E-state index contributed by atoms with van der Waals surface area (Å²) in [7, 11) is -1.50. The summed E-state index contributed by atoms with van der Waals surface area (Å²) in [5, 5.41) is 0. The second kappa shape index (κ2) is 7.71. The molecule has 0 aliphatic heterocycles. The fourth-order valence-corrected chi connectivity index (χ4v) is 5.17. The third kappa shape index (κ3) is 4.47. The number of aryl methyl sites for hydroxylation is 5. The molecule has 3 heteroatoms. The van der Waals surface area contributed by atoms with E-state index in [1.54, 1.807) is 0 Å². The number of Topliss-reactive ketones (excluding diaryl/α,β-unsaturated/α-hetero) is 1. The van der Waals surface area contributed by atoms with Crippen molar-refractivity contribution >= 4 is 19.9 Å². The van der Waals surface area contributed by atoms with Crippen LogP contribution in [0, 0.1) is 27.7 Å². The first kappa shape index (κ1) is 20.6. The van der Waals surface area contributed by atoms with E-state index in [1.807, 2.05) is 6.92 Å². The third-order valence-corrected chi connectivity index (χ3v) is 6.03. The van der Waals surface area contributed by atoms with Crippen LogP contribution in [0.5, 0.6) is 0 Å². The van der Waals surface area contributed by atoms with Gasteiger partial charge in [-0.05, 0) is 88.5 Å². The number of carbonyl (C=O) groups excluding carboxylic acids is 1. The van der Waals surface area contributed by atoms with Crippen LogP contribution in [0.15, 0.2) is 30.3 Å². The second-order valence-electron chi connectivity index (χ2n) is 9.14. The molecule has 0 radical (unpaired) electrons. The van der Waals surface area contributed by atoms with E-state index in [2.05, 4.69) is 70.8 Å². The zero-order chi connectivity index (χ0) is 20.6. The fourth-order valence-electron chi connectivity index (χ4n) is 4.32. The first-order valence-electron chi connectivity index (χ1n) is 10.2. The van der Waals surface area contributed by atoms with Gasteiger partial charge in [-0.25, -0.2) is 0 Å². The van der Waals surface area contributed by atoms with Gasteiger partial charge in [0.15, 0.2) is 5.78 Å². The summed E-state index contributed by atoms with van der Waals surface area (Å²) >= 11 is 0. The number of hydrogen-bond acceptors (Lipinski definition) is 2. The summed E-state index contributed by atoms with van der Waals surface area (Å²) in [4.78, 5) is 11.4. The van der Waals surface area contributed by atoms with Gasteiger partial charge in [-0.3, -0.25) is 4.79 Å². The molecule has 0 heterocycles. The SMILES string of the molecule is Cc1cc(C)c2c(c1)CC=C2O[Si](C)(C)C.Cc1cc(C)c2c(c1)CCC2=O. The van der Waals surface area contributed by atoms with Gasteiger partial charge in [0.1, 0.15) is 5.76 Å². The highest BCUT2D eigenvalue weighted by Gasteiger charge is 2.24. The summed E-state index contributed by atoms with van der Waals surface area (Å²) in [6.45, 7) is 15.1. The summed E-state index contributed by atoms with van der Waals surface area (Å²) in [6.07, 6.45) is 4.91. The van der Waals surface area contributed by atoms with Gasteiger partial charge in [-0.1, -0.05) is 35.4 Å². The topological polar surface area (TPSA) is 26.3 Å². The maximum atomic E-state index is 11.4. The van der Waals surface area contributed by atoms with Gasteiger partial charge in [0.2, 0.25) is 8.32 Å². The molecule has 4 rings (SSSR count). The standard InChI is InChI=1S/C14H20OSi.C11H12O/c1-10-8-11(2)14-12(9-10)6-7-13(14)15-16(3,4)5;1-7-5-8(2)11-9(6-7)3-4-10(11)12/h7-9H,6H2,1-5H3;5-6H,3-4H2,1-2H3. The molecule has 0 aromatic heterocycles. The van der Waals surface area contributed by atoms with E-state index in [-0.39, 0.29) is 0 Å². The van der Waals surface area contributed by atoms with E-state index in [9.17, 15) is 4.79 Å². The van der Waals surface area contributed by atoms with Gasteiger partial charge in [-0.15, -0.1) is 0 Å². The van der Waals surface area contributed by atoms with E-state index in [4.69, 9.17) is 4.43 Å². The number of benzene rings is 2. The van der Waals surface area contributed by atoms with Gasteiger partial charge in [0, 0.05) is 17.5 Å². The van der Waals surface area contributed by atoms with E-state index >= 15 is 0 Å². The Hall–Kier alpha value is -2.13. The zero-order valence-corrected chi connectivity index (χ0v) is 19.3. The number of hydrogen-bond donors (Lipinski definition) is 0. The largest absolute Gasteiger partial charge is 0.544 e. The lowest BCUT2D eigenvalue weighted by Gasteiger charge is -2.22. The van der Waals surface area contributed by atoms with Crippen LogP contribution < -0.4 is 0 Å². The lowest BCUT2D eigenvalue weighted by atomic mass is 10.0. The highest BCUT2D eigenvalue weighted by atomic mass is 28.4. The predicted molar refractivity (Wildman–Crippen MR) is 121 cm³/mol. The minimum atomic E-state index is -1.50. The first-order valence-corrected chi connectivity index (χ1v) is 13.6. The number of allylic oxidation sites excluding steroid dienone is 1. The third-order valence-electron chi connectivity index (χ3n) is 5.19. The van der Waals surface area contributed by atoms with Crippen molar-refractivity contribution in [3.8, 4) is 0 Å². The number of carbonyl (C=O) groups is 1. The highest BCUT2D eigenvalue weighted by molar-refractivity contribution is 6.70. The van der Waals surface area contributed by atoms with Crippen LogP contribution in [-0.4, -0.2) is 14.1 Å². The van der Waals surface area contributed by atoms with Crippen molar-refractivity contribution in [1.82, 2.24) is 0 Å². The molecule has 0 atom stereocenters. The Bertz CT molecular complexity index is 961. The molecule has 148 valence electrons. The molecule has 0 N–H and O–H groups in total. The Kier molecular flexibility index (Phi) is 5.67. The average molecular weight is 393 g/mol. The molecule has 2 aliphatic rings. The second-order valence-corrected chi connectivity index (χ2v) is 13.6. The van der Waals surface area contributed by atoms with Crippen LogP contribution in [0.25, 0.3) is 5.76 Å². The molecule has 0 fully saturated rings. The molecule has 0 unspecified atom stereocenters. The molecule has 2 aliphatic carbocycles. The maximum absolute atomic E-state index is 11.4. The average Bonchev–Trinajstić information content (AvgIpc) is 3.10. The van der Waals surface area contributed by atoms with E-state index in [1.165, 1.54) is 33.4 Å². The van der Waals surface area contributed by atoms with Gasteiger partial charge in [-0.2, -0.15) is 0 Å². The molecule has 2 aromatic carbocycles. The van der Waals surface area contributed by atoms with Crippen molar-refractivity contribution in [2.45, 2.75) is 66.6 Å². The van der Waals surface area contributed by atoms with E-state index in [0.29, 0.717) is 12.2 Å². The van der Waals surface area contributed by atoms with Crippen LogP contribution in [0.3, 0.4) is 0 Å². The van der Waals surface area contributed by atoms with Crippen LogP contribution >= 0.6 is 0 Å². The van der Waals surface area contributed by atoms with E-state index < -0.39 is 8.32 Å². The van der Waals surface area contributed by atoms with Crippen molar-refractivity contribution in [3.05, 3.63) is 74.8 Å². The van der Waals surface area contributed by atoms with E-state index in [0.717, 1.165) is 29.7 Å². The Balaban J connectivity index is 0.000000167. The predicted octanol–water partition coefficient (Wildman–Crippen LogP) is 6.48. The molecule has 0 saturated heterocycles. The molecule has 28 heavy (non-hydrogen) atoms. The molecule has 0 saturated carbocycles. The zero-order valence-electron chi connectivity index (χ0n) is 18.3. The van der Waals surface area contributed by atoms with Gasteiger partial charge in [0.05, 0.1) is 0 Å². The monoisotopic (exact) mass is 392 g/mol. The minimum absolute atomic E-state index is 0.322. The minimum Gasteiger partial charge on any atom is -0.544 e. The van der Waals surface area contributed by atoms with Crippen molar-refractivity contribution in [2.75, 3.05) is 0 Å². The Morgan fingerprint density at radius 1 is 0.786 bits per heavy atom. The van der Waals surface area contributed by atoms with Crippen LogP contribution in [0.4, 0.5) is 0 Å². The summed E-state index contributed by atoms with van der Waals surface area (Å²) in [5.41, 5.74) is 10.1. The van der Waals surface area contributed by atoms with Crippen molar-refractivity contribution in [2.24, 2.45) is 0 Å². The summed E-state index contributed by atoms with van der Waals surface area (Å²) < 4.78 is 6.15. The molecule has 0 amide bonds. The summed E-state index contributed by atoms with van der Waals surface area (Å²) in [5.74, 6) is 1.44. The molecule has 2 nitrogen and oxygen atoms in total. The number of ketones is 1. The summed E-state index contributed by atoms with van der Waals surface area (Å²) in [6, 6.07) is 8.74. The van der Waals surface area contributed by atoms with Crippen molar-refractivity contribution in [3.63, 3.8) is 0 Å². The molecular formula is C25H32O2Si. The lowest BCUT2D eigenvalue weighted by molar-refractivity contribution is 0.0994. The Morgan fingerprint density at radius 2 is 1.36 bits per heavy atom. The molecular weight excluding hydrogens is 360 g/mol. The Morgan fingerprint density at radius 3 is 1.96 bits per heavy atom. The number of fused-ring (bicyclic) bond motifs is 2. The first-order chi connectivity index (χ1) is 13.0. The van der Waals surface area contributed by atoms with Gasteiger partial charge < -0.3 is 4.43 Å². The quantitative estimate of drug-likeness (QED) is 0.546. The molecule has 0 spiro atoms. The van der Waals surface area contributed by atoms with Gasteiger partial charge in [0.25, 0.3) is 0 Å². The number of rotatable bonds is 2. The maximum Gasteiger partial charge on any atom is 0.242 e. The van der Waals surface area contributed by atoms with Crippen LogP contribution in [-0.2, 0) is 17.3 Å². The van der Waals surface area contributed by atoms with Crippen LogP contribution in [0.2, 0.25) is 19.6 Å². The smallest absolute Gasteiger partial charge is 0.242 e. The molecule has 2 aromatic rings. The fraction of sp³-hybridized carbons (Fsp3) is 0.400. The molecule has 0 bridgehead atoms. The highest BCUT2D eigenvalue weighted by Crippen LogP contribution is 2.34.